The number of hydrogen-bond donors (Lipinski definition) is 0. The summed E-state index contributed by atoms with van der Waals surface area (Å²) in [5, 5.41) is 0. The summed E-state index contributed by atoms with van der Waals surface area (Å²) >= 11 is 0. The fourth-order valence-corrected chi connectivity index (χ4v) is 4.38. The van der Waals surface area contributed by atoms with Crippen molar-refractivity contribution in [2.24, 2.45) is 0 Å². The standard InChI is InChI=1S/C21H26FN3O3S/c1-16-5-4-6-20(17(16)2)25(29(3,27)28)15-21(26)24-13-11-23(12-14-24)19-9-7-18(22)8-10-19/h4-10H,11-15H2,1-3H3. The van der Waals surface area contributed by atoms with Gasteiger partial charge in [-0.1, -0.05) is 12.1 Å². The van der Waals surface area contributed by atoms with Gasteiger partial charge in [-0.25, -0.2) is 12.8 Å². The van der Waals surface area contributed by atoms with Gasteiger partial charge in [-0.15, -0.1) is 0 Å². The van der Waals surface area contributed by atoms with Gasteiger partial charge in [0, 0.05) is 31.9 Å². The van der Waals surface area contributed by atoms with Gasteiger partial charge in [0.05, 0.1) is 11.9 Å². The molecule has 2 aromatic carbocycles. The predicted octanol–water partition coefficient (Wildman–Crippen LogP) is 2.56. The second-order valence-corrected chi connectivity index (χ2v) is 9.24. The lowest BCUT2D eigenvalue weighted by Gasteiger charge is -2.37. The van der Waals surface area contributed by atoms with Crippen LogP contribution < -0.4 is 9.21 Å². The Kier molecular flexibility index (Phi) is 6.12. The maximum absolute atomic E-state index is 13.1. The molecule has 1 aliphatic rings. The summed E-state index contributed by atoms with van der Waals surface area (Å²) in [5.41, 5.74) is 3.25. The molecule has 0 aliphatic carbocycles. The molecule has 0 bridgehead atoms. The highest BCUT2D eigenvalue weighted by Gasteiger charge is 2.27. The molecule has 1 fully saturated rings. The fraction of sp³-hybridized carbons (Fsp3) is 0.381. The topological polar surface area (TPSA) is 60.9 Å². The average Bonchev–Trinajstić information content (AvgIpc) is 2.68. The van der Waals surface area contributed by atoms with Crippen LogP contribution in [0.5, 0.6) is 0 Å². The van der Waals surface area contributed by atoms with Crippen LogP contribution in [0.4, 0.5) is 15.8 Å². The second kappa shape index (κ2) is 8.41. The molecule has 1 saturated heterocycles. The van der Waals surface area contributed by atoms with E-state index in [1.807, 2.05) is 19.9 Å². The molecular formula is C21H26FN3O3S. The van der Waals surface area contributed by atoms with E-state index >= 15 is 0 Å². The summed E-state index contributed by atoms with van der Waals surface area (Å²) < 4.78 is 39.1. The summed E-state index contributed by atoms with van der Waals surface area (Å²) in [6.07, 6.45) is 1.12. The van der Waals surface area contributed by atoms with Gasteiger partial charge in [0.15, 0.2) is 0 Å². The molecule has 0 unspecified atom stereocenters. The molecule has 0 aromatic heterocycles. The SMILES string of the molecule is Cc1cccc(N(CC(=O)N2CCN(c3ccc(F)cc3)CC2)S(C)(=O)=O)c1C. The Bertz CT molecular complexity index is 985. The maximum atomic E-state index is 13.1. The molecule has 0 N–H and O–H groups in total. The highest BCUT2D eigenvalue weighted by atomic mass is 32.2. The number of sulfonamides is 1. The smallest absolute Gasteiger partial charge is 0.243 e. The predicted molar refractivity (Wildman–Crippen MR) is 113 cm³/mol. The zero-order chi connectivity index (χ0) is 21.2. The number of halogens is 1. The largest absolute Gasteiger partial charge is 0.368 e. The van der Waals surface area contributed by atoms with Gasteiger partial charge in [-0.2, -0.15) is 0 Å². The Hall–Kier alpha value is -2.61. The van der Waals surface area contributed by atoms with Crippen LogP contribution in [0.1, 0.15) is 11.1 Å². The van der Waals surface area contributed by atoms with E-state index in [1.54, 1.807) is 29.2 Å². The molecule has 156 valence electrons. The summed E-state index contributed by atoms with van der Waals surface area (Å²) in [7, 11) is -3.61. The van der Waals surface area contributed by atoms with Crippen LogP contribution in [0.3, 0.4) is 0 Å². The molecule has 0 atom stereocenters. The Labute approximate surface area is 171 Å². The Morgan fingerprint density at radius 1 is 1.03 bits per heavy atom. The van der Waals surface area contributed by atoms with Crippen molar-refractivity contribution in [1.29, 1.82) is 0 Å². The van der Waals surface area contributed by atoms with Gasteiger partial charge in [0.25, 0.3) is 0 Å². The van der Waals surface area contributed by atoms with Crippen LogP contribution in [0.15, 0.2) is 42.5 Å². The van der Waals surface area contributed by atoms with Crippen molar-refractivity contribution in [3.05, 3.63) is 59.4 Å². The van der Waals surface area contributed by atoms with Gasteiger partial charge >= 0.3 is 0 Å². The quantitative estimate of drug-likeness (QED) is 0.747. The van der Waals surface area contributed by atoms with Crippen molar-refractivity contribution in [1.82, 2.24) is 4.90 Å². The normalized spacial score (nSPS) is 14.8. The molecule has 1 amide bonds. The lowest BCUT2D eigenvalue weighted by molar-refractivity contribution is -0.129. The molecule has 3 rings (SSSR count). The van der Waals surface area contributed by atoms with E-state index in [9.17, 15) is 17.6 Å². The molecule has 6 nitrogen and oxygen atoms in total. The van der Waals surface area contributed by atoms with Crippen LogP contribution in [0.2, 0.25) is 0 Å². The third-order valence-electron chi connectivity index (χ3n) is 5.35. The van der Waals surface area contributed by atoms with E-state index in [0.717, 1.165) is 23.1 Å². The zero-order valence-corrected chi connectivity index (χ0v) is 17.7. The molecular weight excluding hydrogens is 393 g/mol. The first-order valence-corrected chi connectivity index (χ1v) is 11.3. The Morgan fingerprint density at radius 3 is 2.24 bits per heavy atom. The molecule has 1 aliphatic heterocycles. The van der Waals surface area contributed by atoms with Crippen LogP contribution in [0, 0.1) is 19.7 Å². The molecule has 29 heavy (non-hydrogen) atoms. The van der Waals surface area contributed by atoms with Crippen LogP contribution in [0.25, 0.3) is 0 Å². The summed E-state index contributed by atoms with van der Waals surface area (Å²) in [6.45, 7) is 5.74. The number of carbonyl (C=O) groups is 1. The number of carbonyl (C=O) groups excluding carboxylic acids is 1. The van der Waals surface area contributed by atoms with Gasteiger partial charge in [-0.3, -0.25) is 9.10 Å². The minimum absolute atomic E-state index is 0.223. The van der Waals surface area contributed by atoms with Gasteiger partial charge in [0.2, 0.25) is 15.9 Å². The van der Waals surface area contributed by atoms with Crippen molar-refractivity contribution >= 4 is 27.3 Å². The first-order chi connectivity index (χ1) is 13.7. The van der Waals surface area contributed by atoms with Crippen LogP contribution in [-0.2, 0) is 14.8 Å². The third kappa shape index (κ3) is 4.87. The Morgan fingerprint density at radius 2 is 1.66 bits per heavy atom. The number of hydrogen-bond acceptors (Lipinski definition) is 4. The van der Waals surface area contributed by atoms with Crippen molar-refractivity contribution in [3.8, 4) is 0 Å². The molecule has 0 saturated carbocycles. The Balaban J connectivity index is 1.70. The third-order valence-corrected chi connectivity index (χ3v) is 6.47. The molecule has 2 aromatic rings. The highest BCUT2D eigenvalue weighted by Crippen LogP contribution is 2.25. The fourth-order valence-electron chi connectivity index (χ4n) is 3.48. The summed E-state index contributed by atoms with van der Waals surface area (Å²) in [6, 6.07) is 11.7. The molecule has 0 radical (unpaired) electrons. The van der Waals surface area contributed by atoms with Crippen molar-refractivity contribution in [3.63, 3.8) is 0 Å². The lowest BCUT2D eigenvalue weighted by atomic mass is 10.1. The summed E-state index contributed by atoms with van der Waals surface area (Å²) in [5.74, 6) is -0.509. The number of benzene rings is 2. The molecule has 0 spiro atoms. The van der Waals surface area contributed by atoms with E-state index in [1.165, 1.54) is 16.4 Å². The number of piperazine rings is 1. The number of amides is 1. The van der Waals surface area contributed by atoms with Gasteiger partial charge in [0.1, 0.15) is 12.4 Å². The number of aryl methyl sites for hydroxylation is 1. The van der Waals surface area contributed by atoms with Crippen LogP contribution in [-0.4, -0.2) is 58.2 Å². The van der Waals surface area contributed by atoms with E-state index < -0.39 is 10.0 Å². The second-order valence-electron chi connectivity index (χ2n) is 7.33. The number of nitrogens with zero attached hydrogens (tertiary/aromatic N) is 3. The van der Waals surface area contributed by atoms with Crippen molar-refractivity contribution in [2.75, 3.05) is 48.2 Å². The molecule has 8 heteroatoms. The monoisotopic (exact) mass is 419 g/mol. The minimum atomic E-state index is -3.61. The first-order valence-electron chi connectivity index (χ1n) is 9.49. The van der Waals surface area contributed by atoms with Crippen molar-refractivity contribution < 1.29 is 17.6 Å². The minimum Gasteiger partial charge on any atom is -0.368 e. The van der Waals surface area contributed by atoms with Gasteiger partial charge in [-0.05, 0) is 55.3 Å². The van der Waals surface area contributed by atoms with Gasteiger partial charge < -0.3 is 9.80 Å². The average molecular weight is 420 g/mol. The zero-order valence-electron chi connectivity index (χ0n) is 16.9. The van der Waals surface area contributed by atoms with Crippen LogP contribution >= 0.6 is 0 Å². The van der Waals surface area contributed by atoms with E-state index in [2.05, 4.69) is 4.90 Å². The van der Waals surface area contributed by atoms with E-state index in [0.29, 0.717) is 31.9 Å². The number of anilines is 2. The number of rotatable bonds is 5. The summed E-state index contributed by atoms with van der Waals surface area (Å²) in [4.78, 5) is 16.6. The van der Waals surface area contributed by atoms with E-state index in [4.69, 9.17) is 0 Å². The highest BCUT2D eigenvalue weighted by molar-refractivity contribution is 7.92. The maximum Gasteiger partial charge on any atom is 0.243 e. The molecule has 1 heterocycles. The van der Waals surface area contributed by atoms with E-state index in [-0.39, 0.29) is 18.3 Å². The van der Waals surface area contributed by atoms with Crippen molar-refractivity contribution in [2.45, 2.75) is 13.8 Å². The first kappa shape index (κ1) is 21.1. The lowest BCUT2D eigenvalue weighted by Crippen LogP contribution is -2.52.